The fourth-order valence-corrected chi connectivity index (χ4v) is 3.53. The van der Waals surface area contributed by atoms with Crippen LogP contribution >= 0.6 is 0 Å². The maximum Gasteiger partial charge on any atom is 0.00953 e. The minimum atomic E-state index is 0.646. The minimum Gasteiger partial charge on any atom is -0.317 e. The summed E-state index contributed by atoms with van der Waals surface area (Å²) in [6.07, 6.45) is 2.90. The Balaban J connectivity index is 2.11. The zero-order valence-electron chi connectivity index (χ0n) is 8.72. The molecule has 2 bridgehead atoms. The predicted octanol–water partition coefficient (Wildman–Crippen LogP) is 2.28. The molecule has 0 spiro atoms. The fraction of sp³-hybridized carbons (Fsp3) is 1.00. The molecule has 3 saturated carbocycles. The van der Waals surface area contributed by atoms with E-state index in [4.69, 9.17) is 0 Å². The highest BCUT2D eigenvalue weighted by molar-refractivity contribution is 5.06. The summed E-state index contributed by atoms with van der Waals surface area (Å²) in [7, 11) is 2.11. The van der Waals surface area contributed by atoms with Crippen LogP contribution in [0.1, 0.15) is 33.6 Å². The molecule has 0 aromatic rings. The molecule has 3 unspecified atom stereocenters. The van der Waals surface area contributed by atoms with Gasteiger partial charge in [0.05, 0.1) is 0 Å². The third-order valence-electron chi connectivity index (χ3n) is 4.72. The van der Waals surface area contributed by atoms with Gasteiger partial charge < -0.3 is 5.32 Å². The molecule has 3 rings (SSSR count). The average molecular weight is 167 g/mol. The van der Waals surface area contributed by atoms with Crippen molar-refractivity contribution in [3.05, 3.63) is 0 Å². The van der Waals surface area contributed by atoms with Crippen molar-refractivity contribution in [3.8, 4) is 0 Å². The Morgan fingerprint density at radius 1 is 1.25 bits per heavy atom. The van der Waals surface area contributed by atoms with E-state index in [-0.39, 0.29) is 0 Å². The molecule has 0 radical (unpaired) electrons. The molecular formula is C11H21N. The van der Waals surface area contributed by atoms with Crippen molar-refractivity contribution < 1.29 is 0 Å². The van der Waals surface area contributed by atoms with Gasteiger partial charge in [0.2, 0.25) is 0 Å². The molecule has 1 nitrogen and oxygen atoms in total. The monoisotopic (exact) mass is 167 g/mol. The van der Waals surface area contributed by atoms with Crippen LogP contribution in [0, 0.1) is 23.2 Å². The smallest absolute Gasteiger partial charge is 0.00953 e. The van der Waals surface area contributed by atoms with E-state index >= 15 is 0 Å². The van der Waals surface area contributed by atoms with Crippen molar-refractivity contribution >= 4 is 0 Å². The van der Waals surface area contributed by atoms with Gasteiger partial charge in [0.15, 0.2) is 0 Å². The maximum atomic E-state index is 3.45. The van der Waals surface area contributed by atoms with Crippen LogP contribution in [0.15, 0.2) is 0 Å². The summed E-state index contributed by atoms with van der Waals surface area (Å²) in [4.78, 5) is 0. The van der Waals surface area contributed by atoms with Crippen LogP contribution in [0.2, 0.25) is 0 Å². The van der Waals surface area contributed by atoms with Gasteiger partial charge >= 0.3 is 0 Å². The van der Waals surface area contributed by atoms with Crippen LogP contribution in [-0.4, -0.2) is 13.1 Å². The average Bonchev–Trinajstić information content (AvgIpc) is 2.03. The zero-order valence-corrected chi connectivity index (χ0v) is 8.72. The second kappa shape index (κ2) is 2.47. The summed E-state index contributed by atoms with van der Waals surface area (Å²) >= 11 is 0. The van der Waals surface area contributed by atoms with Gasteiger partial charge in [0.25, 0.3) is 0 Å². The van der Waals surface area contributed by atoms with Crippen molar-refractivity contribution in [3.63, 3.8) is 0 Å². The summed E-state index contributed by atoms with van der Waals surface area (Å²) in [6.45, 7) is 7.32. The largest absolute Gasteiger partial charge is 0.317 e. The van der Waals surface area contributed by atoms with Crippen LogP contribution in [-0.2, 0) is 0 Å². The maximum absolute atomic E-state index is 3.45. The molecule has 1 heteroatoms. The Bertz CT molecular complexity index is 185. The second-order valence-corrected chi connectivity index (χ2v) is 5.35. The fourth-order valence-electron chi connectivity index (χ4n) is 3.53. The van der Waals surface area contributed by atoms with Gasteiger partial charge in [-0.2, -0.15) is 0 Å². The van der Waals surface area contributed by atoms with Gasteiger partial charge in [0, 0.05) is 6.04 Å². The lowest BCUT2D eigenvalue weighted by Crippen LogP contribution is -2.59. The first-order chi connectivity index (χ1) is 5.57. The molecule has 0 amide bonds. The van der Waals surface area contributed by atoms with Crippen LogP contribution in [0.5, 0.6) is 0 Å². The highest BCUT2D eigenvalue weighted by atomic mass is 14.9. The summed E-state index contributed by atoms with van der Waals surface area (Å²) in [5, 5.41) is 3.45. The van der Waals surface area contributed by atoms with Crippen molar-refractivity contribution in [2.24, 2.45) is 23.2 Å². The van der Waals surface area contributed by atoms with Crippen molar-refractivity contribution in [1.29, 1.82) is 0 Å². The van der Waals surface area contributed by atoms with Crippen LogP contribution in [0.4, 0.5) is 0 Å². The Morgan fingerprint density at radius 3 is 2.33 bits per heavy atom. The molecule has 0 heterocycles. The Morgan fingerprint density at radius 2 is 1.92 bits per heavy atom. The Labute approximate surface area is 75.9 Å². The van der Waals surface area contributed by atoms with Crippen molar-refractivity contribution in [2.45, 2.75) is 39.7 Å². The van der Waals surface area contributed by atoms with Gasteiger partial charge in [-0.05, 0) is 43.1 Å². The normalized spacial score (nSPS) is 50.0. The molecule has 0 aliphatic heterocycles. The first-order valence-corrected chi connectivity index (χ1v) is 5.24. The summed E-state index contributed by atoms with van der Waals surface area (Å²) in [5.41, 5.74) is 0.646. The molecule has 0 saturated heterocycles. The van der Waals surface area contributed by atoms with E-state index in [1.807, 2.05) is 0 Å². The van der Waals surface area contributed by atoms with Gasteiger partial charge in [-0.1, -0.05) is 20.8 Å². The predicted molar refractivity (Wildman–Crippen MR) is 52.0 cm³/mol. The summed E-state index contributed by atoms with van der Waals surface area (Å²) in [6, 6.07) is 0.793. The molecular weight excluding hydrogens is 146 g/mol. The van der Waals surface area contributed by atoms with Gasteiger partial charge in [-0.3, -0.25) is 0 Å². The summed E-state index contributed by atoms with van der Waals surface area (Å²) in [5.74, 6) is 2.86. The second-order valence-electron chi connectivity index (χ2n) is 5.35. The quantitative estimate of drug-likeness (QED) is 0.632. The van der Waals surface area contributed by atoms with Gasteiger partial charge in [-0.25, -0.2) is 0 Å². The number of hydrogen-bond acceptors (Lipinski definition) is 1. The summed E-state index contributed by atoms with van der Waals surface area (Å²) < 4.78 is 0. The van der Waals surface area contributed by atoms with Crippen molar-refractivity contribution in [2.75, 3.05) is 7.05 Å². The highest BCUT2D eigenvalue weighted by Crippen LogP contribution is 2.61. The third-order valence-corrected chi connectivity index (χ3v) is 4.72. The lowest BCUT2D eigenvalue weighted by molar-refractivity contribution is -0.113. The minimum absolute atomic E-state index is 0.646. The molecule has 4 atom stereocenters. The van der Waals surface area contributed by atoms with Crippen LogP contribution in [0.25, 0.3) is 0 Å². The number of hydrogen-bond donors (Lipinski definition) is 1. The van der Waals surface area contributed by atoms with E-state index in [1.54, 1.807) is 0 Å². The molecule has 3 fully saturated rings. The SMILES string of the molecule is CNC1CC2CC([C@H]1C)C2(C)C. The third kappa shape index (κ3) is 0.891. The topological polar surface area (TPSA) is 12.0 Å². The number of nitrogens with one attached hydrogen (secondary N) is 1. The molecule has 3 aliphatic rings. The Kier molecular flexibility index (Phi) is 1.76. The first-order valence-electron chi connectivity index (χ1n) is 5.24. The Hall–Kier alpha value is -0.0400. The molecule has 70 valence electrons. The molecule has 3 aliphatic carbocycles. The van der Waals surface area contributed by atoms with E-state index in [2.05, 4.69) is 33.1 Å². The zero-order chi connectivity index (χ0) is 8.93. The van der Waals surface area contributed by atoms with Gasteiger partial charge in [-0.15, -0.1) is 0 Å². The highest BCUT2D eigenvalue weighted by Gasteiger charge is 2.55. The molecule has 0 aromatic heterocycles. The number of rotatable bonds is 1. The van der Waals surface area contributed by atoms with Gasteiger partial charge in [0.1, 0.15) is 0 Å². The molecule has 12 heavy (non-hydrogen) atoms. The number of fused-ring (bicyclic) bond motifs is 2. The first kappa shape index (κ1) is 8.55. The van der Waals surface area contributed by atoms with E-state index in [0.717, 1.165) is 23.8 Å². The van der Waals surface area contributed by atoms with E-state index < -0.39 is 0 Å². The van der Waals surface area contributed by atoms with Crippen LogP contribution in [0.3, 0.4) is 0 Å². The van der Waals surface area contributed by atoms with Crippen LogP contribution < -0.4 is 5.32 Å². The van der Waals surface area contributed by atoms with E-state index in [1.165, 1.54) is 12.8 Å². The van der Waals surface area contributed by atoms with Crippen molar-refractivity contribution in [1.82, 2.24) is 5.32 Å². The molecule has 1 N–H and O–H groups in total. The lowest BCUT2D eigenvalue weighted by atomic mass is 9.45. The standard InChI is InChI=1S/C11H21N/c1-7-9-5-8(11(9,2)3)6-10(7)12-4/h7-10,12H,5-6H2,1-4H3/t7-,8?,9?,10?/m1/s1. The molecule has 0 aromatic carbocycles. The van der Waals surface area contributed by atoms with E-state index in [9.17, 15) is 0 Å². The van der Waals surface area contributed by atoms with E-state index in [0.29, 0.717) is 5.41 Å². The lowest BCUT2D eigenvalue weighted by Gasteiger charge is -2.62.